The minimum Gasteiger partial charge on any atom is -0.494 e. The SMILES string of the molecule is CCCOc1ccc(/C=N\NC(=O)c2ccc(Cl)c([N+](=O)[O-])c2)cc1. The number of ether oxygens (including phenoxy) is 1. The highest BCUT2D eigenvalue weighted by Gasteiger charge is 2.15. The van der Waals surface area contributed by atoms with Crippen LogP contribution in [-0.4, -0.2) is 23.7 Å². The van der Waals surface area contributed by atoms with Crippen LogP contribution < -0.4 is 10.2 Å². The normalized spacial score (nSPS) is 10.6. The molecule has 0 radical (unpaired) electrons. The van der Waals surface area contributed by atoms with Gasteiger partial charge in [-0.3, -0.25) is 14.9 Å². The Labute approximate surface area is 149 Å². The maximum Gasteiger partial charge on any atom is 0.288 e. The van der Waals surface area contributed by atoms with Gasteiger partial charge in [0, 0.05) is 11.6 Å². The summed E-state index contributed by atoms with van der Waals surface area (Å²) in [7, 11) is 0. The predicted molar refractivity (Wildman–Crippen MR) is 95.4 cm³/mol. The van der Waals surface area contributed by atoms with E-state index in [1.165, 1.54) is 18.3 Å². The molecule has 0 heterocycles. The molecule has 0 saturated carbocycles. The zero-order chi connectivity index (χ0) is 18.2. The predicted octanol–water partition coefficient (Wildman–Crippen LogP) is 3.80. The van der Waals surface area contributed by atoms with E-state index >= 15 is 0 Å². The highest BCUT2D eigenvalue weighted by atomic mass is 35.5. The summed E-state index contributed by atoms with van der Waals surface area (Å²) < 4.78 is 5.47. The Balaban J connectivity index is 1.98. The summed E-state index contributed by atoms with van der Waals surface area (Å²) in [6, 6.07) is 11.0. The number of hydrogen-bond acceptors (Lipinski definition) is 5. The van der Waals surface area contributed by atoms with Gasteiger partial charge >= 0.3 is 0 Å². The molecule has 0 unspecified atom stereocenters. The largest absolute Gasteiger partial charge is 0.494 e. The fraction of sp³-hybridized carbons (Fsp3) is 0.176. The van der Waals surface area contributed by atoms with Gasteiger partial charge in [0.05, 0.1) is 17.7 Å². The number of hydrazone groups is 1. The maximum absolute atomic E-state index is 12.0. The van der Waals surface area contributed by atoms with Gasteiger partial charge in [-0.15, -0.1) is 0 Å². The summed E-state index contributed by atoms with van der Waals surface area (Å²) >= 11 is 5.71. The molecular formula is C17H16ClN3O4. The number of carbonyl (C=O) groups is 1. The Hall–Kier alpha value is -2.93. The Kier molecular flexibility index (Phi) is 6.47. The van der Waals surface area contributed by atoms with Crippen LogP contribution in [0.4, 0.5) is 5.69 Å². The van der Waals surface area contributed by atoms with E-state index in [4.69, 9.17) is 16.3 Å². The van der Waals surface area contributed by atoms with E-state index in [2.05, 4.69) is 10.5 Å². The number of nitrogens with zero attached hydrogens (tertiary/aromatic N) is 2. The monoisotopic (exact) mass is 361 g/mol. The minimum absolute atomic E-state index is 0.0320. The second kappa shape index (κ2) is 8.79. The molecule has 2 aromatic rings. The molecule has 0 bridgehead atoms. The molecule has 7 nitrogen and oxygen atoms in total. The zero-order valence-corrected chi connectivity index (χ0v) is 14.2. The molecule has 8 heteroatoms. The average Bonchev–Trinajstić information content (AvgIpc) is 2.61. The first kappa shape index (κ1) is 18.4. The lowest BCUT2D eigenvalue weighted by Gasteiger charge is -2.04. The smallest absolute Gasteiger partial charge is 0.288 e. The van der Waals surface area contributed by atoms with Gasteiger partial charge in [-0.2, -0.15) is 5.10 Å². The summed E-state index contributed by atoms with van der Waals surface area (Å²) in [6.45, 7) is 2.68. The Morgan fingerprint density at radius 2 is 2.04 bits per heavy atom. The zero-order valence-electron chi connectivity index (χ0n) is 13.4. The van der Waals surface area contributed by atoms with Crippen LogP contribution in [0.2, 0.25) is 5.02 Å². The van der Waals surface area contributed by atoms with Crippen molar-refractivity contribution < 1.29 is 14.5 Å². The van der Waals surface area contributed by atoms with Crippen LogP contribution in [0.3, 0.4) is 0 Å². The summed E-state index contributed by atoms with van der Waals surface area (Å²) in [4.78, 5) is 22.2. The van der Waals surface area contributed by atoms with Crippen molar-refractivity contribution in [1.82, 2.24) is 5.43 Å². The van der Waals surface area contributed by atoms with E-state index in [-0.39, 0.29) is 16.3 Å². The lowest BCUT2D eigenvalue weighted by Crippen LogP contribution is -2.17. The second-order valence-corrected chi connectivity index (χ2v) is 5.45. The van der Waals surface area contributed by atoms with Gasteiger partial charge < -0.3 is 4.74 Å². The lowest BCUT2D eigenvalue weighted by atomic mass is 10.2. The van der Waals surface area contributed by atoms with Gasteiger partial charge in [-0.1, -0.05) is 18.5 Å². The van der Waals surface area contributed by atoms with Crippen molar-refractivity contribution in [2.45, 2.75) is 13.3 Å². The van der Waals surface area contributed by atoms with E-state index < -0.39 is 10.8 Å². The molecule has 0 atom stereocenters. The molecule has 0 spiro atoms. The van der Waals surface area contributed by atoms with Crippen LogP contribution in [0, 0.1) is 10.1 Å². The van der Waals surface area contributed by atoms with Gasteiger partial charge in [-0.05, 0) is 48.4 Å². The van der Waals surface area contributed by atoms with Gasteiger partial charge in [0.1, 0.15) is 10.8 Å². The van der Waals surface area contributed by atoms with Gasteiger partial charge in [0.25, 0.3) is 11.6 Å². The van der Waals surface area contributed by atoms with Crippen molar-refractivity contribution >= 4 is 29.4 Å². The summed E-state index contributed by atoms with van der Waals surface area (Å²) in [5, 5.41) is 14.6. The number of nitro groups is 1. The third-order valence-corrected chi connectivity index (χ3v) is 3.46. The van der Waals surface area contributed by atoms with Crippen molar-refractivity contribution in [3.8, 4) is 5.75 Å². The quantitative estimate of drug-likeness (QED) is 0.461. The maximum atomic E-state index is 12.0. The lowest BCUT2D eigenvalue weighted by molar-refractivity contribution is -0.384. The molecule has 1 amide bonds. The molecule has 25 heavy (non-hydrogen) atoms. The first-order valence-corrected chi connectivity index (χ1v) is 7.89. The summed E-state index contributed by atoms with van der Waals surface area (Å²) in [6.07, 6.45) is 2.39. The van der Waals surface area contributed by atoms with E-state index in [0.29, 0.717) is 6.61 Å². The molecule has 1 N–H and O–H groups in total. The second-order valence-electron chi connectivity index (χ2n) is 5.04. The third kappa shape index (κ3) is 5.29. The number of amides is 1. The van der Waals surface area contributed by atoms with Crippen LogP contribution in [0.5, 0.6) is 5.75 Å². The standard InChI is InChI=1S/C17H16ClN3O4/c1-2-9-25-14-6-3-12(4-7-14)11-19-20-17(22)13-5-8-15(18)16(10-13)21(23)24/h3-8,10-11H,2,9H2,1H3,(H,20,22)/b19-11-. The van der Waals surface area contributed by atoms with Crippen molar-refractivity contribution in [3.05, 3.63) is 68.7 Å². The molecule has 0 aliphatic carbocycles. The van der Waals surface area contributed by atoms with Crippen molar-refractivity contribution in [2.24, 2.45) is 5.10 Å². The molecule has 0 aliphatic rings. The summed E-state index contributed by atoms with van der Waals surface area (Å²) in [5.41, 5.74) is 2.85. The molecule has 2 rings (SSSR count). The van der Waals surface area contributed by atoms with E-state index in [1.54, 1.807) is 24.3 Å². The van der Waals surface area contributed by atoms with Crippen LogP contribution in [0.1, 0.15) is 29.3 Å². The molecule has 130 valence electrons. The molecule has 2 aromatic carbocycles. The van der Waals surface area contributed by atoms with Crippen molar-refractivity contribution in [3.63, 3.8) is 0 Å². The number of nitrogens with one attached hydrogen (secondary N) is 1. The molecule has 0 aliphatic heterocycles. The average molecular weight is 362 g/mol. The number of halogens is 1. The van der Waals surface area contributed by atoms with Gasteiger partial charge in [0.15, 0.2) is 0 Å². The molecule has 0 saturated heterocycles. The topological polar surface area (TPSA) is 93.8 Å². The number of benzene rings is 2. The van der Waals surface area contributed by atoms with Crippen LogP contribution in [0.25, 0.3) is 0 Å². The van der Waals surface area contributed by atoms with Gasteiger partial charge in [0.2, 0.25) is 0 Å². The minimum atomic E-state index is -0.648. The number of rotatable bonds is 7. The molecule has 0 aromatic heterocycles. The Morgan fingerprint density at radius 1 is 1.32 bits per heavy atom. The van der Waals surface area contributed by atoms with Crippen molar-refractivity contribution in [1.29, 1.82) is 0 Å². The van der Waals surface area contributed by atoms with Crippen LogP contribution >= 0.6 is 11.6 Å². The highest BCUT2D eigenvalue weighted by molar-refractivity contribution is 6.32. The summed E-state index contributed by atoms with van der Waals surface area (Å²) in [5.74, 6) is 0.190. The fourth-order valence-corrected chi connectivity index (χ4v) is 2.08. The van der Waals surface area contributed by atoms with Crippen molar-refractivity contribution in [2.75, 3.05) is 6.61 Å². The van der Waals surface area contributed by atoms with E-state index in [1.807, 2.05) is 6.92 Å². The molecular weight excluding hydrogens is 346 g/mol. The molecule has 0 fully saturated rings. The first-order chi connectivity index (χ1) is 12.0. The first-order valence-electron chi connectivity index (χ1n) is 7.51. The fourth-order valence-electron chi connectivity index (χ4n) is 1.89. The van der Waals surface area contributed by atoms with Gasteiger partial charge in [-0.25, -0.2) is 5.43 Å². The number of nitro benzene ring substituents is 1. The van der Waals surface area contributed by atoms with Crippen LogP contribution in [0.15, 0.2) is 47.6 Å². The third-order valence-electron chi connectivity index (χ3n) is 3.14. The van der Waals surface area contributed by atoms with E-state index in [9.17, 15) is 14.9 Å². The number of carbonyl (C=O) groups excluding carboxylic acids is 1. The highest BCUT2D eigenvalue weighted by Crippen LogP contribution is 2.24. The van der Waals surface area contributed by atoms with Crippen LogP contribution in [-0.2, 0) is 0 Å². The Morgan fingerprint density at radius 3 is 2.68 bits per heavy atom. The Bertz CT molecular complexity index is 791. The number of hydrogen-bond donors (Lipinski definition) is 1. The van der Waals surface area contributed by atoms with E-state index in [0.717, 1.165) is 23.8 Å².